The minimum absolute atomic E-state index is 0.241. The second kappa shape index (κ2) is 9.69. The minimum Gasteiger partial charge on any atom is -0.372 e. The van der Waals surface area contributed by atoms with Crippen LogP contribution in [0.5, 0.6) is 0 Å². The molecule has 3 rings (SSSR count). The van der Waals surface area contributed by atoms with Crippen LogP contribution in [0.2, 0.25) is 5.02 Å². The lowest BCUT2D eigenvalue weighted by atomic mass is 10.2. The van der Waals surface area contributed by atoms with Crippen molar-refractivity contribution in [2.24, 2.45) is 0 Å². The van der Waals surface area contributed by atoms with Gasteiger partial charge in [0.15, 0.2) is 0 Å². The van der Waals surface area contributed by atoms with Crippen LogP contribution in [0.3, 0.4) is 0 Å². The van der Waals surface area contributed by atoms with E-state index < -0.39 is 11.9 Å². The van der Waals surface area contributed by atoms with Crippen LogP contribution in [-0.2, 0) is 18.0 Å². The number of ether oxygens (including phenoxy) is 1. The highest BCUT2D eigenvalue weighted by Crippen LogP contribution is 2.15. The summed E-state index contributed by atoms with van der Waals surface area (Å²) < 4.78 is 5.68. The van der Waals surface area contributed by atoms with Gasteiger partial charge in [-0.25, -0.2) is 4.79 Å². The number of rotatable bonds is 6. The second-order valence-electron chi connectivity index (χ2n) is 6.06. The molecule has 0 aromatic heterocycles. The Morgan fingerprint density at radius 1 is 0.786 bits per heavy atom. The molecule has 0 radical (unpaired) electrons. The summed E-state index contributed by atoms with van der Waals surface area (Å²) in [6, 6.07) is 23.1. The number of hydrogen-bond acceptors (Lipinski definition) is 3. The van der Waals surface area contributed by atoms with Crippen LogP contribution in [0.4, 0.5) is 10.5 Å². The van der Waals surface area contributed by atoms with Crippen molar-refractivity contribution >= 4 is 29.2 Å². The van der Waals surface area contributed by atoms with Gasteiger partial charge in [-0.05, 0) is 35.4 Å². The van der Waals surface area contributed by atoms with Gasteiger partial charge in [0.25, 0.3) is 5.91 Å². The molecule has 3 amide bonds. The molecule has 3 aromatic carbocycles. The van der Waals surface area contributed by atoms with E-state index in [1.54, 1.807) is 36.4 Å². The van der Waals surface area contributed by atoms with Gasteiger partial charge in [-0.3, -0.25) is 10.1 Å². The smallest absolute Gasteiger partial charge is 0.326 e. The zero-order valence-electron chi connectivity index (χ0n) is 15.0. The molecule has 3 aromatic rings. The van der Waals surface area contributed by atoms with Gasteiger partial charge in [0.05, 0.1) is 23.8 Å². The minimum atomic E-state index is -0.627. The van der Waals surface area contributed by atoms with Gasteiger partial charge < -0.3 is 10.1 Å². The van der Waals surface area contributed by atoms with Gasteiger partial charge in [0.2, 0.25) is 0 Å². The second-order valence-corrected chi connectivity index (χ2v) is 6.47. The standard InChI is InChI=1S/C22H19ClN2O3/c23-20-9-5-4-8-19(20)21(26)25-22(27)24-18-12-10-17(11-13-18)15-28-14-16-6-2-1-3-7-16/h1-13H,14-15H2,(H2,24,25,26,27). The lowest BCUT2D eigenvalue weighted by Crippen LogP contribution is -2.34. The van der Waals surface area contributed by atoms with E-state index in [9.17, 15) is 9.59 Å². The van der Waals surface area contributed by atoms with Crippen molar-refractivity contribution in [1.82, 2.24) is 5.32 Å². The number of amides is 3. The van der Waals surface area contributed by atoms with E-state index in [2.05, 4.69) is 10.6 Å². The van der Waals surface area contributed by atoms with Gasteiger partial charge in [-0.2, -0.15) is 0 Å². The van der Waals surface area contributed by atoms with E-state index in [-0.39, 0.29) is 10.6 Å². The van der Waals surface area contributed by atoms with Crippen LogP contribution in [-0.4, -0.2) is 11.9 Å². The van der Waals surface area contributed by atoms with Gasteiger partial charge in [-0.1, -0.05) is 66.2 Å². The summed E-state index contributed by atoms with van der Waals surface area (Å²) in [7, 11) is 0. The van der Waals surface area contributed by atoms with Crippen molar-refractivity contribution in [3.8, 4) is 0 Å². The zero-order valence-corrected chi connectivity index (χ0v) is 15.8. The Bertz CT molecular complexity index is 944. The topological polar surface area (TPSA) is 67.4 Å². The zero-order chi connectivity index (χ0) is 19.8. The van der Waals surface area contributed by atoms with Crippen LogP contribution in [0.1, 0.15) is 21.5 Å². The van der Waals surface area contributed by atoms with Crippen molar-refractivity contribution in [2.45, 2.75) is 13.2 Å². The quantitative estimate of drug-likeness (QED) is 0.617. The molecule has 0 fully saturated rings. The highest BCUT2D eigenvalue weighted by molar-refractivity contribution is 6.34. The highest BCUT2D eigenvalue weighted by Gasteiger charge is 2.13. The Balaban J connectivity index is 1.47. The van der Waals surface area contributed by atoms with Crippen molar-refractivity contribution < 1.29 is 14.3 Å². The third-order valence-electron chi connectivity index (χ3n) is 3.94. The predicted octanol–water partition coefficient (Wildman–Crippen LogP) is 5.02. The molecular formula is C22H19ClN2O3. The van der Waals surface area contributed by atoms with Crippen molar-refractivity contribution in [3.63, 3.8) is 0 Å². The Hall–Kier alpha value is -3.15. The molecule has 0 heterocycles. The van der Waals surface area contributed by atoms with Crippen LogP contribution >= 0.6 is 11.6 Å². The van der Waals surface area contributed by atoms with E-state index in [1.807, 2.05) is 42.5 Å². The molecule has 0 aliphatic heterocycles. The van der Waals surface area contributed by atoms with E-state index in [0.29, 0.717) is 18.9 Å². The van der Waals surface area contributed by atoms with Crippen LogP contribution in [0.15, 0.2) is 78.9 Å². The van der Waals surface area contributed by atoms with Gasteiger partial charge >= 0.3 is 6.03 Å². The number of urea groups is 1. The number of carbonyl (C=O) groups is 2. The maximum atomic E-state index is 12.1. The van der Waals surface area contributed by atoms with Gasteiger partial charge in [-0.15, -0.1) is 0 Å². The molecule has 0 aliphatic carbocycles. The largest absolute Gasteiger partial charge is 0.372 e. The maximum absolute atomic E-state index is 12.1. The van der Waals surface area contributed by atoms with E-state index in [0.717, 1.165) is 11.1 Å². The maximum Gasteiger partial charge on any atom is 0.326 e. The fourth-order valence-corrected chi connectivity index (χ4v) is 2.74. The van der Waals surface area contributed by atoms with Crippen LogP contribution < -0.4 is 10.6 Å². The molecule has 0 unspecified atom stereocenters. The summed E-state index contributed by atoms with van der Waals surface area (Å²) in [6.45, 7) is 1.000. The number of carbonyl (C=O) groups excluding carboxylic acids is 2. The number of anilines is 1. The first-order chi connectivity index (χ1) is 13.6. The average molecular weight is 395 g/mol. The predicted molar refractivity (Wildman–Crippen MR) is 109 cm³/mol. The van der Waals surface area contributed by atoms with E-state index in [4.69, 9.17) is 16.3 Å². The fourth-order valence-electron chi connectivity index (χ4n) is 2.52. The Morgan fingerprint density at radius 2 is 1.39 bits per heavy atom. The van der Waals surface area contributed by atoms with Crippen LogP contribution in [0.25, 0.3) is 0 Å². The molecule has 28 heavy (non-hydrogen) atoms. The summed E-state index contributed by atoms with van der Waals surface area (Å²) in [4.78, 5) is 24.1. The average Bonchev–Trinajstić information content (AvgIpc) is 2.70. The molecule has 6 heteroatoms. The summed E-state index contributed by atoms with van der Waals surface area (Å²) >= 11 is 5.96. The van der Waals surface area contributed by atoms with E-state index in [1.165, 1.54) is 0 Å². The Morgan fingerprint density at radius 3 is 2.07 bits per heavy atom. The van der Waals surface area contributed by atoms with Gasteiger partial charge in [0, 0.05) is 5.69 Å². The van der Waals surface area contributed by atoms with Crippen molar-refractivity contribution in [1.29, 1.82) is 0 Å². The third-order valence-corrected chi connectivity index (χ3v) is 4.27. The lowest BCUT2D eigenvalue weighted by Gasteiger charge is -2.09. The summed E-state index contributed by atoms with van der Waals surface area (Å²) in [5.41, 5.74) is 2.90. The molecule has 2 N–H and O–H groups in total. The molecule has 0 bridgehead atoms. The number of nitrogens with one attached hydrogen (secondary N) is 2. The SMILES string of the molecule is O=C(NC(=O)c1ccccc1Cl)Nc1ccc(COCc2ccccc2)cc1. The van der Waals surface area contributed by atoms with Crippen LogP contribution in [0, 0.1) is 0 Å². The number of benzene rings is 3. The highest BCUT2D eigenvalue weighted by atomic mass is 35.5. The monoisotopic (exact) mass is 394 g/mol. The number of hydrogen-bond donors (Lipinski definition) is 2. The molecule has 0 spiro atoms. The third kappa shape index (κ3) is 5.67. The first kappa shape index (κ1) is 19.6. The molecule has 5 nitrogen and oxygen atoms in total. The Labute approximate surface area is 168 Å². The summed E-state index contributed by atoms with van der Waals surface area (Å²) in [5, 5.41) is 5.16. The first-order valence-corrected chi connectivity index (χ1v) is 9.07. The molecular weight excluding hydrogens is 376 g/mol. The molecule has 142 valence electrons. The normalized spacial score (nSPS) is 10.3. The molecule has 0 saturated heterocycles. The van der Waals surface area contributed by atoms with Gasteiger partial charge in [0.1, 0.15) is 0 Å². The van der Waals surface area contributed by atoms with E-state index >= 15 is 0 Å². The molecule has 0 atom stereocenters. The summed E-state index contributed by atoms with van der Waals surface area (Å²) in [6.07, 6.45) is 0. The first-order valence-electron chi connectivity index (χ1n) is 8.69. The summed E-state index contributed by atoms with van der Waals surface area (Å²) in [5.74, 6) is -0.561. The lowest BCUT2D eigenvalue weighted by molar-refractivity contribution is 0.0967. The van der Waals surface area contributed by atoms with Crippen molar-refractivity contribution in [3.05, 3.63) is 101 Å². The molecule has 0 saturated carbocycles. The van der Waals surface area contributed by atoms with Crippen molar-refractivity contribution in [2.75, 3.05) is 5.32 Å². The fraction of sp³-hybridized carbons (Fsp3) is 0.0909. The number of imide groups is 1. The Kier molecular flexibility index (Phi) is 6.78. The molecule has 0 aliphatic rings. The number of halogens is 1.